The molecule has 0 aliphatic heterocycles. The van der Waals surface area contributed by atoms with E-state index in [1.807, 2.05) is 38.1 Å². The second kappa shape index (κ2) is 5.74. The van der Waals surface area contributed by atoms with Crippen molar-refractivity contribution in [3.8, 4) is 0 Å². The van der Waals surface area contributed by atoms with Crippen LogP contribution in [0.5, 0.6) is 0 Å². The molecule has 0 saturated heterocycles. The van der Waals surface area contributed by atoms with Gasteiger partial charge in [0.05, 0.1) is 22.4 Å². The van der Waals surface area contributed by atoms with Crippen LogP contribution >= 0.6 is 0 Å². The van der Waals surface area contributed by atoms with Gasteiger partial charge in [0.25, 0.3) is 0 Å². The summed E-state index contributed by atoms with van der Waals surface area (Å²) in [6.45, 7) is 3.95. The highest BCUT2D eigenvalue weighted by molar-refractivity contribution is 5.91. The fourth-order valence-electron chi connectivity index (χ4n) is 3.29. The fraction of sp³-hybridized carbons (Fsp3) is 0.143. The van der Waals surface area contributed by atoms with Crippen molar-refractivity contribution >= 4 is 33.2 Å². The SMILES string of the molecule is Cc1ccc2cc(Cc3cc(N)c4nc(C)ccc4c3)cc(N)c2n1. The van der Waals surface area contributed by atoms with E-state index in [0.29, 0.717) is 11.4 Å². The van der Waals surface area contributed by atoms with E-state index in [9.17, 15) is 0 Å². The summed E-state index contributed by atoms with van der Waals surface area (Å²) in [6.07, 6.45) is 0.766. The van der Waals surface area contributed by atoms with Crippen LogP contribution < -0.4 is 11.5 Å². The Balaban J connectivity index is 1.77. The van der Waals surface area contributed by atoms with Crippen LogP contribution in [-0.2, 0) is 6.42 Å². The molecular formula is C21H20N4. The minimum atomic E-state index is 0.710. The van der Waals surface area contributed by atoms with Crippen LogP contribution in [0.15, 0.2) is 48.5 Å². The summed E-state index contributed by atoms with van der Waals surface area (Å²) in [4.78, 5) is 9.07. The zero-order valence-corrected chi connectivity index (χ0v) is 14.4. The Morgan fingerprint density at radius 2 is 1.12 bits per heavy atom. The van der Waals surface area contributed by atoms with Crippen LogP contribution in [0, 0.1) is 13.8 Å². The zero-order chi connectivity index (χ0) is 17.6. The van der Waals surface area contributed by atoms with E-state index in [4.69, 9.17) is 11.5 Å². The van der Waals surface area contributed by atoms with Crippen molar-refractivity contribution in [2.75, 3.05) is 11.5 Å². The minimum Gasteiger partial charge on any atom is -0.397 e. The van der Waals surface area contributed by atoms with Gasteiger partial charge in [0, 0.05) is 22.2 Å². The molecule has 25 heavy (non-hydrogen) atoms. The molecule has 0 saturated carbocycles. The molecule has 0 atom stereocenters. The average molecular weight is 328 g/mol. The molecule has 0 aliphatic rings. The van der Waals surface area contributed by atoms with E-state index in [-0.39, 0.29) is 0 Å². The third-order valence-electron chi connectivity index (χ3n) is 4.45. The van der Waals surface area contributed by atoms with Gasteiger partial charge < -0.3 is 11.5 Å². The first-order valence-corrected chi connectivity index (χ1v) is 8.31. The van der Waals surface area contributed by atoms with Crippen molar-refractivity contribution in [2.24, 2.45) is 0 Å². The molecule has 0 radical (unpaired) electrons. The molecule has 0 unspecified atom stereocenters. The molecular weight excluding hydrogens is 308 g/mol. The van der Waals surface area contributed by atoms with Crippen molar-refractivity contribution in [1.82, 2.24) is 9.97 Å². The quantitative estimate of drug-likeness (QED) is 0.542. The highest BCUT2D eigenvalue weighted by atomic mass is 14.7. The molecule has 124 valence electrons. The van der Waals surface area contributed by atoms with Gasteiger partial charge in [0.1, 0.15) is 0 Å². The number of aromatic nitrogens is 2. The first-order valence-electron chi connectivity index (χ1n) is 8.31. The average Bonchev–Trinajstić information content (AvgIpc) is 2.56. The van der Waals surface area contributed by atoms with Crippen LogP contribution in [0.25, 0.3) is 21.8 Å². The molecule has 0 amide bonds. The Bertz CT molecular complexity index is 1030. The Kier molecular flexibility index (Phi) is 3.53. The molecule has 2 aromatic heterocycles. The lowest BCUT2D eigenvalue weighted by Gasteiger charge is -2.10. The predicted octanol–water partition coefficient (Wildman–Crippen LogP) is 4.16. The first-order chi connectivity index (χ1) is 12.0. The molecule has 0 aliphatic carbocycles. The second-order valence-electron chi connectivity index (χ2n) is 6.60. The number of fused-ring (bicyclic) bond motifs is 2. The summed E-state index contributed by atoms with van der Waals surface area (Å²) in [7, 11) is 0. The fourth-order valence-corrected chi connectivity index (χ4v) is 3.29. The smallest absolute Gasteiger partial charge is 0.0934 e. The van der Waals surface area contributed by atoms with E-state index in [2.05, 4.69) is 34.2 Å². The van der Waals surface area contributed by atoms with Gasteiger partial charge in [-0.05, 0) is 67.8 Å². The van der Waals surface area contributed by atoms with Crippen molar-refractivity contribution < 1.29 is 0 Å². The second-order valence-corrected chi connectivity index (χ2v) is 6.60. The van der Waals surface area contributed by atoms with Gasteiger partial charge >= 0.3 is 0 Å². The Morgan fingerprint density at radius 1 is 0.680 bits per heavy atom. The number of pyridine rings is 2. The normalized spacial score (nSPS) is 11.3. The van der Waals surface area contributed by atoms with Crippen molar-refractivity contribution in [2.45, 2.75) is 20.3 Å². The molecule has 2 aromatic carbocycles. The van der Waals surface area contributed by atoms with E-state index in [1.165, 1.54) is 0 Å². The van der Waals surface area contributed by atoms with Gasteiger partial charge in [-0.3, -0.25) is 9.97 Å². The molecule has 4 N–H and O–H groups in total. The molecule has 4 aromatic rings. The number of nitrogen functional groups attached to an aromatic ring is 2. The Morgan fingerprint density at radius 3 is 1.56 bits per heavy atom. The lowest BCUT2D eigenvalue weighted by Crippen LogP contribution is -1.98. The predicted molar refractivity (Wildman–Crippen MR) is 105 cm³/mol. The molecule has 2 heterocycles. The zero-order valence-electron chi connectivity index (χ0n) is 14.4. The molecule has 0 bridgehead atoms. The van der Waals surface area contributed by atoms with E-state index in [0.717, 1.165) is 50.7 Å². The number of rotatable bonds is 2. The van der Waals surface area contributed by atoms with Gasteiger partial charge in [-0.25, -0.2) is 0 Å². The largest absolute Gasteiger partial charge is 0.397 e. The number of hydrogen-bond donors (Lipinski definition) is 2. The summed E-state index contributed by atoms with van der Waals surface area (Å²) in [5, 5.41) is 2.12. The van der Waals surface area contributed by atoms with Gasteiger partial charge in [-0.15, -0.1) is 0 Å². The first kappa shape index (κ1) is 15.4. The van der Waals surface area contributed by atoms with E-state index >= 15 is 0 Å². The van der Waals surface area contributed by atoms with Crippen LogP contribution in [0.2, 0.25) is 0 Å². The minimum absolute atomic E-state index is 0.710. The standard InChI is InChI=1S/C21H20N4/c1-12-3-5-16-8-14(10-18(22)20(16)24-12)7-15-9-17-6-4-13(2)25-21(17)19(23)11-15/h3-6,8-11H,7,22-23H2,1-2H3. The maximum atomic E-state index is 6.22. The highest BCUT2D eigenvalue weighted by Crippen LogP contribution is 2.26. The Hall–Kier alpha value is -3.14. The number of hydrogen-bond acceptors (Lipinski definition) is 4. The van der Waals surface area contributed by atoms with E-state index < -0.39 is 0 Å². The van der Waals surface area contributed by atoms with Crippen LogP contribution in [0.1, 0.15) is 22.5 Å². The number of anilines is 2. The van der Waals surface area contributed by atoms with Gasteiger partial charge in [-0.2, -0.15) is 0 Å². The van der Waals surface area contributed by atoms with Crippen LogP contribution in [0.4, 0.5) is 11.4 Å². The number of nitrogens with zero attached hydrogens (tertiary/aromatic N) is 2. The monoisotopic (exact) mass is 328 g/mol. The maximum Gasteiger partial charge on any atom is 0.0934 e. The van der Waals surface area contributed by atoms with Crippen LogP contribution in [-0.4, -0.2) is 9.97 Å². The number of aryl methyl sites for hydroxylation is 2. The number of nitrogens with two attached hydrogens (primary N) is 2. The van der Waals surface area contributed by atoms with Gasteiger partial charge in [0.2, 0.25) is 0 Å². The van der Waals surface area contributed by atoms with Gasteiger partial charge in [0.15, 0.2) is 0 Å². The topological polar surface area (TPSA) is 77.8 Å². The van der Waals surface area contributed by atoms with E-state index in [1.54, 1.807) is 0 Å². The van der Waals surface area contributed by atoms with Crippen molar-refractivity contribution in [1.29, 1.82) is 0 Å². The van der Waals surface area contributed by atoms with Crippen LogP contribution in [0.3, 0.4) is 0 Å². The molecule has 4 rings (SSSR count). The summed E-state index contributed by atoms with van der Waals surface area (Å²) in [5.74, 6) is 0. The summed E-state index contributed by atoms with van der Waals surface area (Å²) < 4.78 is 0. The third kappa shape index (κ3) is 2.87. The van der Waals surface area contributed by atoms with Crippen molar-refractivity contribution in [3.05, 3.63) is 71.0 Å². The maximum absolute atomic E-state index is 6.22. The van der Waals surface area contributed by atoms with Gasteiger partial charge in [-0.1, -0.05) is 12.1 Å². The summed E-state index contributed by atoms with van der Waals surface area (Å²) >= 11 is 0. The molecule has 4 heteroatoms. The molecule has 0 fully saturated rings. The Labute approximate surface area is 146 Å². The summed E-state index contributed by atoms with van der Waals surface area (Å²) in [5.41, 5.74) is 19.8. The lowest BCUT2D eigenvalue weighted by atomic mass is 9.99. The molecule has 0 spiro atoms. The summed E-state index contributed by atoms with van der Waals surface area (Å²) in [6, 6.07) is 16.4. The highest BCUT2D eigenvalue weighted by Gasteiger charge is 2.07. The third-order valence-corrected chi connectivity index (χ3v) is 4.45. The number of benzene rings is 2. The lowest BCUT2D eigenvalue weighted by molar-refractivity contribution is 1.19. The van der Waals surface area contributed by atoms with Crippen molar-refractivity contribution in [3.63, 3.8) is 0 Å². The molecule has 4 nitrogen and oxygen atoms in total.